The summed E-state index contributed by atoms with van der Waals surface area (Å²) in [6, 6.07) is 43.0. The zero-order chi connectivity index (χ0) is 29.3. The molecule has 0 N–H and O–H groups in total. The summed E-state index contributed by atoms with van der Waals surface area (Å²) in [5.74, 6) is 1.17. The highest BCUT2D eigenvalue weighted by molar-refractivity contribution is 7.73. The van der Waals surface area contributed by atoms with Crippen LogP contribution in [0.15, 0.2) is 151 Å². The smallest absolute Gasteiger partial charge is 0.276 e. The van der Waals surface area contributed by atoms with Gasteiger partial charge >= 0.3 is 0 Å². The van der Waals surface area contributed by atoms with Gasteiger partial charge in [-0.15, -0.1) is 0 Å². The van der Waals surface area contributed by atoms with Crippen molar-refractivity contribution >= 4 is 42.9 Å². The van der Waals surface area contributed by atoms with Gasteiger partial charge in [0.1, 0.15) is 6.20 Å². The Morgan fingerprint density at radius 1 is 0.628 bits per heavy atom. The second-order valence-electron chi connectivity index (χ2n) is 10.6. The molecule has 0 amide bonds. The van der Waals surface area contributed by atoms with Gasteiger partial charge in [-0.25, -0.2) is 4.98 Å². The Morgan fingerprint density at radius 2 is 1.09 bits per heavy atom. The molecule has 0 spiro atoms. The van der Waals surface area contributed by atoms with Crippen molar-refractivity contribution in [2.45, 2.75) is 19.4 Å². The van der Waals surface area contributed by atoms with Crippen LogP contribution in [-0.2, 0) is 6.54 Å². The number of aryl methyl sites for hydroxylation is 1. The number of hydroxylamine groups is 3. The monoisotopic (exact) mass is 602 g/mol. The largest absolute Gasteiger partial charge is 0.621 e. The normalized spacial score (nSPS) is 16.2. The van der Waals surface area contributed by atoms with Crippen LogP contribution in [0.25, 0.3) is 0 Å². The van der Waals surface area contributed by atoms with E-state index in [9.17, 15) is 5.21 Å². The Labute approximate surface area is 257 Å². The van der Waals surface area contributed by atoms with Crippen LogP contribution < -0.4 is 21.2 Å². The lowest BCUT2D eigenvalue weighted by Crippen LogP contribution is -2.43. The first-order valence-electron chi connectivity index (χ1n) is 14.8. The standard InChI is InChI=1S/C36H36N4OP2/c41-40(27-14-30-43(33-19-9-3-10-20-33)34-21-11-4-12-22-34)28-24-38-36(40)35-37-23-26-39(35)25-13-29-42(31-15-5-1-6-16-31)32-17-7-2-8-18-32/h1-12,15-24,26,28H,13-14,25,27,29-30H2. The third-order valence-corrected chi connectivity index (χ3v) is 12.9. The number of aromatic nitrogens is 2. The van der Waals surface area contributed by atoms with E-state index in [0.717, 1.165) is 31.7 Å². The molecular weight excluding hydrogens is 566 g/mol. The van der Waals surface area contributed by atoms with Crippen LogP contribution in [-0.4, -0.2) is 38.9 Å². The Bertz CT molecular complexity index is 1560. The van der Waals surface area contributed by atoms with Gasteiger partial charge in [0.15, 0.2) is 0 Å². The van der Waals surface area contributed by atoms with Gasteiger partial charge in [0, 0.05) is 25.4 Å². The molecule has 1 aliphatic rings. The quantitative estimate of drug-likeness (QED) is 0.0881. The van der Waals surface area contributed by atoms with E-state index < -0.39 is 20.5 Å². The minimum Gasteiger partial charge on any atom is -0.621 e. The van der Waals surface area contributed by atoms with Crippen molar-refractivity contribution < 1.29 is 4.65 Å². The molecule has 0 aliphatic carbocycles. The SMILES string of the molecule is [O-][N+]1(CCCP(c2ccccc2)c2ccccc2)C=CN=C1c1nccn1CCCP(c1ccccc1)c1ccccc1. The average molecular weight is 603 g/mol. The molecule has 0 radical (unpaired) electrons. The topological polar surface area (TPSA) is 53.2 Å². The Kier molecular flexibility index (Phi) is 9.67. The number of quaternary nitrogens is 1. The number of hydrogen-bond donors (Lipinski definition) is 0. The third kappa shape index (κ3) is 7.09. The molecule has 0 bridgehead atoms. The van der Waals surface area contributed by atoms with Crippen LogP contribution >= 0.6 is 15.8 Å². The summed E-state index contributed by atoms with van der Waals surface area (Å²) in [5.41, 5.74) is 0. The molecule has 1 aliphatic heterocycles. The summed E-state index contributed by atoms with van der Waals surface area (Å²) in [5, 5.41) is 19.6. The van der Waals surface area contributed by atoms with Crippen molar-refractivity contribution in [2.24, 2.45) is 4.99 Å². The zero-order valence-corrected chi connectivity index (χ0v) is 26.0. The van der Waals surface area contributed by atoms with Gasteiger partial charge in [-0.2, -0.15) is 4.99 Å². The van der Waals surface area contributed by atoms with Gasteiger partial charge in [0.25, 0.3) is 5.84 Å². The molecule has 1 unspecified atom stereocenters. The van der Waals surface area contributed by atoms with E-state index in [2.05, 4.69) is 136 Å². The first-order chi connectivity index (χ1) is 21.2. The molecular formula is C36H36N4OP2. The number of imidazole rings is 1. The van der Waals surface area contributed by atoms with Crippen molar-refractivity contribution in [1.82, 2.24) is 9.55 Å². The van der Waals surface area contributed by atoms with E-state index in [1.54, 1.807) is 18.6 Å². The van der Waals surface area contributed by atoms with Crippen LogP contribution in [0.1, 0.15) is 18.7 Å². The van der Waals surface area contributed by atoms with E-state index in [0.29, 0.717) is 18.2 Å². The molecule has 1 aromatic heterocycles. The number of hydrogen-bond acceptors (Lipinski definition) is 3. The van der Waals surface area contributed by atoms with Crippen LogP contribution in [0.4, 0.5) is 0 Å². The molecule has 0 saturated heterocycles. The van der Waals surface area contributed by atoms with E-state index >= 15 is 0 Å². The maximum atomic E-state index is 14.2. The van der Waals surface area contributed by atoms with Crippen LogP contribution in [0.2, 0.25) is 0 Å². The molecule has 7 heteroatoms. The summed E-state index contributed by atoms with van der Waals surface area (Å²) in [6.45, 7) is 1.23. The summed E-state index contributed by atoms with van der Waals surface area (Å²) >= 11 is 0. The molecule has 43 heavy (non-hydrogen) atoms. The lowest BCUT2D eigenvalue weighted by Gasteiger charge is -2.36. The highest BCUT2D eigenvalue weighted by atomic mass is 31.1. The van der Waals surface area contributed by atoms with Crippen molar-refractivity contribution in [1.29, 1.82) is 0 Å². The first-order valence-corrected chi connectivity index (χ1v) is 17.9. The minimum absolute atomic E-state index is 0.439. The first kappa shape index (κ1) is 29.4. The molecule has 5 nitrogen and oxygen atoms in total. The Balaban J connectivity index is 1.12. The molecule has 5 aromatic rings. The Hall–Kier alpha value is -3.72. The molecule has 216 valence electrons. The highest BCUT2D eigenvalue weighted by Gasteiger charge is 2.32. The van der Waals surface area contributed by atoms with Gasteiger partial charge in [0.2, 0.25) is 5.82 Å². The van der Waals surface area contributed by atoms with Crippen molar-refractivity contribution in [2.75, 3.05) is 18.9 Å². The number of rotatable bonds is 13. The molecule has 0 fully saturated rings. The van der Waals surface area contributed by atoms with Gasteiger partial charge in [-0.3, -0.25) is 4.65 Å². The predicted octanol–water partition coefficient (Wildman–Crippen LogP) is 6.48. The number of benzene rings is 4. The van der Waals surface area contributed by atoms with Crippen LogP contribution in [0.3, 0.4) is 0 Å². The average Bonchev–Trinajstić information content (AvgIpc) is 3.69. The zero-order valence-electron chi connectivity index (χ0n) is 24.2. The Morgan fingerprint density at radius 3 is 1.58 bits per heavy atom. The second kappa shape index (κ2) is 14.2. The van der Waals surface area contributed by atoms with Gasteiger partial charge in [-0.1, -0.05) is 121 Å². The van der Waals surface area contributed by atoms with E-state index in [1.807, 2.05) is 6.20 Å². The number of nitrogens with zero attached hydrogens (tertiary/aromatic N) is 4. The van der Waals surface area contributed by atoms with E-state index in [1.165, 1.54) is 21.2 Å². The van der Waals surface area contributed by atoms with Crippen molar-refractivity contribution in [3.63, 3.8) is 0 Å². The fraction of sp³-hybridized carbons (Fsp3) is 0.167. The van der Waals surface area contributed by atoms with Crippen LogP contribution in [0, 0.1) is 5.21 Å². The lowest BCUT2D eigenvalue weighted by atomic mass is 10.3. The molecule has 1 atom stereocenters. The lowest BCUT2D eigenvalue weighted by molar-refractivity contribution is -0.729. The van der Waals surface area contributed by atoms with E-state index in [4.69, 9.17) is 0 Å². The third-order valence-electron chi connectivity index (χ3n) is 7.70. The summed E-state index contributed by atoms with van der Waals surface area (Å²) in [7, 11) is -1.01. The fourth-order valence-electron chi connectivity index (χ4n) is 5.59. The van der Waals surface area contributed by atoms with Gasteiger partial charge < -0.3 is 9.77 Å². The van der Waals surface area contributed by atoms with Gasteiger partial charge in [-0.05, 0) is 55.8 Å². The van der Waals surface area contributed by atoms with E-state index in [-0.39, 0.29) is 0 Å². The molecule has 4 aromatic carbocycles. The minimum atomic E-state index is -0.565. The maximum absolute atomic E-state index is 14.2. The number of amidine groups is 1. The van der Waals surface area contributed by atoms with Crippen molar-refractivity contribution in [3.05, 3.63) is 157 Å². The summed E-state index contributed by atoms with van der Waals surface area (Å²) in [4.78, 5) is 9.20. The predicted molar refractivity (Wildman–Crippen MR) is 184 cm³/mol. The molecule has 6 rings (SSSR count). The molecule has 2 heterocycles. The summed E-state index contributed by atoms with van der Waals surface area (Å²) < 4.78 is 1.55. The van der Waals surface area contributed by atoms with Crippen molar-refractivity contribution in [3.8, 4) is 0 Å². The second-order valence-corrected chi connectivity index (χ2v) is 15.2. The highest BCUT2D eigenvalue weighted by Crippen LogP contribution is 2.36. The number of aliphatic imine (C=N–C) groups is 1. The molecule has 0 saturated carbocycles. The fourth-order valence-corrected chi connectivity index (χ4v) is 10.3. The maximum Gasteiger partial charge on any atom is 0.276 e. The van der Waals surface area contributed by atoms with Gasteiger partial charge in [0.05, 0.1) is 12.7 Å². The summed E-state index contributed by atoms with van der Waals surface area (Å²) in [6.07, 6.45) is 10.9. The van der Waals surface area contributed by atoms with Crippen LogP contribution in [0.5, 0.6) is 0 Å².